The first-order valence-corrected chi connectivity index (χ1v) is 6.91. The summed E-state index contributed by atoms with van der Waals surface area (Å²) in [7, 11) is 0. The number of amides is 1. The molecule has 0 bridgehead atoms. The number of aryl methyl sites for hydroxylation is 1. The molecule has 0 aliphatic heterocycles. The standard InChI is InChI=1S/C15H21F3N2O/c1-10(2)19-8-4-5-14(21)20-13-9-12(15(16,17)18)7-6-11(13)3/h6-7,9-10,19H,4-5,8H2,1-3H3,(H,20,21). The highest BCUT2D eigenvalue weighted by Crippen LogP contribution is 2.32. The lowest BCUT2D eigenvalue weighted by Crippen LogP contribution is -2.24. The Labute approximate surface area is 122 Å². The molecule has 0 saturated heterocycles. The van der Waals surface area contributed by atoms with E-state index in [1.54, 1.807) is 6.92 Å². The first-order valence-electron chi connectivity index (χ1n) is 6.91. The van der Waals surface area contributed by atoms with Gasteiger partial charge in [-0.1, -0.05) is 19.9 Å². The van der Waals surface area contributed by atoms with Crippen molar-refractivity contribution in [1.82, 2.24) is 5.32 Å². The maximum absolute atomic E-state index is 12.6. The number of benzene rings is 1. The van der Waals surface area contributed by atoms with E-state index in [0.717, 1.165) is 12.1 Å². The molecule has 0 aliphatic rings. The minimum Gasteiger partial charge on any atom is -0.326 e. The van der Waals surface area contributed by atoms with E-state index < -0.39 is 11.7 Å². The topological polar surface area (TPSA) is 41.1 Å². The molecule has 0 saturated carbocycles. The Bertz CT molecular complexity index is 484. The Hall–Kier alpha value is -1.56. The highest BCUT2D eigenvalue weighted by atomic mass is 19.4. The van der Waals surface area contributed by atoms with Crippen molar-refractivity contribution in [2.75, 3.05) is 11.9 Å². The Balaban J connectivity index is 2.59. The number of carbonyl (C=O) groups is 1. The van der Waals surface area contributed by atoms with Gasteiger partial charge < -0.3 is 10.6 Å². The summed E-state index contributed by atoms with van der Waals surface area (Å²) < 4.78 is 37.9. The minimum absolute atomic E-state index is 0.214. The van der Waals surface area contributed by atoms with Crippen molar-refractivity contribution in [3.05, 3.63) is 29.3 Å². The molecule has 0 aliphatic carbocycles. The van der Waals surface area contributed by atoms with E-state index in [-0.39, 0.29) is 18.0 Å². The summed E-state index contributed by atoms with van der Waals surface area (Å²) in [5, 5.41) is 5.72. The summed E-state index contributed by atoms with van der Waals surface area (Å²) in [4.78, 5) is 11.8. The lowest BCUT2D eigenvalue weighted by atomic mass is 10.1. The summed E-state index contributed by atoms with van der Waals surface area (Å²) in [5.74, 6) is -0.275. The zero-order valence-electron chi connectivity index (χ0n) is 12.5. The Morgan fingerprint density at radius 1 is 1.29 bits per heavy atom. The van der Waals surface area contributed by atoms with E-state index in [9.17, 15) is 18.0 Å². The van der Waals surface area contributed by atoms with Gasteiger partial charge >= 0.3 is 6.18 Å². The normalized spacial score (nSPS) is 11.8. The maximum Gasteiger partial charge on any atom is 0.416 e. The lowest BCUT2D eigenvalue weighted by Gasteiger charge is -2.13. The maximum atomic E-state index is 12.6. The van der Waals surface area contributed by atoms with Crippen LogP contribution in [0.4, 0.5) is 18.9 Å². The summed E-state index contributed by atoms with van der Waals surface area (Å²) >= 11 is 0. The van der Waals surface area contributed by atoms with Gasteiger partial charge in [0.15, 0.2) is 0 Å². The molecule has 0 radical (unpaired) electrons. The van der Waals surface area contributed by atoms with Gasteiger partial charge in [0.2, 0.25) is 5.91 Å². The fourth-order valence-corrected chi connectivity index (χ4v) is 1.79. The summed E-state index contributed by atoms with van der Waals surface area (Å²) in [6.07, 6.45) is -3.49. The SMILES string of the molecule is Cc1ccc(C(F)(F)F)cc1NC(=O)CCCNC(C)C. The molecule has 1 rings (SSSR count). The van der Waals surface area contributed by atoms with E-state index in [1.807, 2.05) is 13.8 Å². The zero-order chi connectivity index (χ0) is 16.0. The minimum atomic E-state index is -4.41. The smallest absolute Gasteiger partial charge is 0.326 e. The van der Waals surface area contributed by atoms with Crippen LogP contribution in [0.25, 0.3) is 0 Å². The molecule has 3 nitrogen and oxygen atoms in total. The number of rotatable bonds is 6. The lowest BCUT2D eigenvalue weighted by molar-refractivity contribution is -0.137. The van der Waals surface area contributed by atoms with E-state index in [2.05, 4.69) is 10.6 Å². The third kappa shape index (κ3) is 6.16. The van der Waals surface area contributed by atoms with Crippen LogP contribution >= 0.6 is 0 Å². The molecule has 0 atom stereocenters. The quantitative estimate of drug-likeness (QED) is 0.786. The van der Waals surface area contributed by atoms with Crippen LogP contribution in [-0.2, 0) is 11.0 Å². The Morgan fingerprint density at radius 3 is 2.52 bits per heavy atom. The second-order valence-corrected chi connectivity index (χ2v) is 5.29. The van der Waals surface area contributed by atoms with Crippen molar-refractivity contribution in [3.63, 3.8) is 0 Å². The molecule has 1 aromatic rings. The molecule has 6 heteroatoms. The molecular formula is C15H21F3N2O. The average Bonchev–Trinajstić information content (AvgIpc) is 2.36. The van der Waals surface area contributed by atoms with Crippen LogP contribution in [0.2, 0.25) is 0 Å². The molecular weight excluding hydrogens is 281 g/mol. The van der Waals surface area contributed by atoms with Gasteiger partial charge in [-0.15, -0.1) is 0 Å². The number of nitrogens with one attached hydrogen (secondary N) is 2. The molecule has 0 unspecified atom stereocenters. The van der Waals surface area contributed by atoms with Gasteiger partial charge in [-0.05, 0) is 37.6 Å². The molecule has 2 N–H and O–H groups in total. The van der Waals surface area contributed by atoms with Crippen molar-refractivity contribution >= 4 is 11.6 Å². The van der Waals surface area contributed by atoms with E-state index >= 15 is 0 Å². The van der Waals surface area contributed by atoms with Gasteiger partial charge in [-0.3, -0.25) is 4.79 Å². The van der Waals surface area contributed by atoms with Gasteiger partial charge in [0.25, 0.3) is 0 Å². The first kappa shape index (κ1) is 17.5. The summed E-state index contributed by atoms with van der Waals surface area (Å²) in [6, 6.07) is 3.69. The van der Waals surface area contributed by atoms with Crippen LogP contribution in [0.3, 0.4) is 0 Å². The molecule has 1 aromatic carbocycles. The molecule has 0 spiro atoms. The predicted octanol–water partition coefficient (Wildman–Crippen LogP) is 3.73. The Morgan fingerprint density at radius 2 is 1.95 bits per heavy atom. The summed E-state index contributed by atoms with van der Waals surface area (Å²) in [6.45, 7) is 6.38. The average molecular weight is 302 g/mol. The van der Waals surface area contributed by atoms with Gasteiger partial charge in [0, 0.05) is 18.2 Å². The Kier molecular flexibility index (Phi) is 6.20. The fourth-order valence-electron chi connectivity index (χ4n) is 1.79. The van der Waals surface area contributed by atoms with Crippen LogP contribution in [0.5, 0.6) is 0 Å². The highest BCUT2D eigenvalue weighted by molar-refractivity contribution is 5.91. The third-order valence-electron chi connectivity index (χ3n) is 2.97. The number of alkyl halides is 3. The van der Waals surface area contributed by atoms with Crippen molar-refractivity contribution < 1.29 is 18.0 Å². The molecule has 118 valence electrons. The molecule has 21 heavy (non-hydrogen) atoms. The van der Waals surface area contributed by atoms with Crippen LogP contribution in [0.1, 0.15) is 37.8 Å². The van der Waals surface area contributed by atoms with Crippen molar-refractivity contribution in [2.24, 2.45) is 0 Å². The van der Waals surface area contributed by atoms with Crippen molar-refractivity contribution in [1.29, 1.82) is 0 Å². The monoisotopic (exact) mass is 302 g/mol. The number of hydrogen-bond acceptors (Lipinski definition) is 2. The van der Waals surface area contributed by atoms with Crippen LogP contribution in [0, 0.1) is 6.92 Å². The van der Waals surface area contributed by atoms with Crippen LogP contribution in [-0.4, -0.2) is 18.5 Å². The second-order valence-electron chi connectivity index (χ2n) is 5.29. The van der Waals surface area contributed by atoms with Crippen LogP contribution in [0.15, 0.2) is 18.2 Å². The molecule has 0 fully saturated rings. The number of halogens is 3. The molecule has 1 amide bonds. The molecule has 0 heterocycles. The van der Waals surface area contributed by atoms with Gasteiger partial charge in [0.05, 0.1) is 5.56 Å². The zero-order valence-corrected chi connectivity index (χ0v) is 12.5. The first-order chi connectivity index (χ1) is 9.70. The van der Waals surface area contributed by atoms with Crippen molar-refractivity contribution in [3.8, 4) is 0 Å². The third-order valence-corrected chi connectivity index (χ3v) is 2.97. The molecule has 0 aromatic heterocycles. The van der Waals surface area contributed by atoms with E-state index in [4.69, 9.17) is 0 Å². The van der Waals surface area contributed by atoms with Crippen molar-refractivity contribution in [2.45, 2.75) is 45.8 Å². The van der Waals surface area contributed by atoms with Gasteiger partial charge in [0.1, 0.15) is 0 Å². The number of hydrogen-bond donors (Lipinski definition) is 2. The second kappa shape index (κ2) is 7.45. The number of carbonyl (C=O) groups excluding carboxylic acids is 1. The largest absolute Gasteiger partial charge is 0.416 e. The van der Waals surface area contributed by atoms with Crippen LogP contribution < -0.4 is 10.6 Å². The number of anilines is 1. The van der Waals surface area contributed by atoms with Gasteiger partial charge in [-0.25, -0.2) is 0 Å². The fraction of sp³-hybridized carbons (Fsp3) is 0.533. The van der Waals surface area contributed by atoms with E-state index in [1.165, 1.54) is 6.07 Å². The predicted molar refractivity (Wildman–Crippen MR) is 77.2 cm³/mol. The summed E-state index contributed by atoms with van der Waals surface area (Å²) in [5.41, 5.74) is 0.0631. The van der Waals surface area contributed by atoms with Gasteiger partial charge in [-0.2, -0.15) is 13.2 Å². The van der Waals surface area contributed by atoms with E-state index in [0.29, 0.717) is 24.6 Å². The highest BCUT2D eigenvalue weighted by Gasteiger charge is 2.30.